The highest BCUT2D eigenvalue weighted by atomic mass is 16.6. The number of ketones is 2. The van der Waals surface area contributed by atoms with Gasteiger partial charge in [-0.3, -0.25) is 9.59 Å². The molecule has 0 radical (unpaired) electrons. The van der Waals surface area contributed by atoms with Gasteiger partial charge in [0.05, 0.1) is 0 Å². The molecule has 0 spiro atoms. The Morgan fingerprint density at radius 3 is 2.15 bits per heavy atom. The zero-order valence-electron chi connectivity index (χ0n) is 14.4. The van der Waals surface area contributed by atoms with Gasteiger partial charge >= 0.3 is 6.09 Å². The molecule has 5 nitrogen and oxygen atoms in total. The van der Waals surface area contributed by atoms with E-state index in [1.807, 2.05) is 0 Å². The van der Waals surface area contributed by atoms with Crippen molar-refractivity contribution in [2.24, 2.45) is 0 Å². The zero-order chi connectivity index (χ0) is 18.1. The van der Waals surface area contributed by atoms with Gasteiger partial charge in [0.15, 0.2) is 11.6 Å². The minimum Gasteiger partial charge on any atom is -0.445 e. The maximum Gasteiger partial charge on any atom is 0.410 e. The molecule has 26 heavy (non-hydrogen) atoms. The molecule has 1 fully saturated rings. The van der Waals surface area contributed by atoms with Crippen molar-refractivity contribution in [3.63, 3.8) is 0 Å². The minimum atomic E-state index is -0.324. The molecule has 5 heteroatoms. The summed E-state index contributed by atoms with van der Waals surface area (Å²) in [4.78, 5) is 39.2. The number of hydrogen-bond donors (Lipinski definition) is 0. The Morgan fingerprint density at radius 2 is 1.46 bits per heavy atom. The van der Waals surface area contributed by atoms with Crippen LogP contribution in [0.5, 0.6) is 0 Å². The molecule has 1 aliphatic heterocycles. The van der Waals surface area contributed by atoms with E-state index in [9.17, 15) is 14.4 Å². The average Bonchev–Trinajstić information content (AvgIpc) is 2.70. The Hall–Kier alpha value is -2.95. The van der Waals surface area contributed by atoms with E-state index in [1.54, 1.807) is 47.4 Å². The maximum absolute atomic E-state index is 12.7. The first-order valence-corrected chi connectivity index (χ1v) is 8.88. The Morgan fingerprint density at radius 1 is 0.846 bits per heavy atom. The van der Waals surface area contributed by atoms with Crippen LogP contribution in [0.1, 0.15) is 56.7 Å². The minimum absolute atomic E-state index is 0.0890. The first kappa shape index (κ1) is 16.5. The summed E-state index contributed by atoms with van der Waals surface area (Å²) in [5.41, 5.74) is 2.34. The molecule has 0 atom stereocenters. The Kier molecular flexibility index (Phi) is 4.29. The summed E-state index contributed by atoms with van der Waals surface area (Å²) in [6.45, 7) is 1.55. The number of piperidine rings is 1. The molecule has 4 rings (SSSR count). The number of fused-ring (bicyclic) bond motifs is 2. The van der Waals surface area contributed by atoms with Crippen LogP contribution in [0.2, 0.25) is 0 Å². The lowest BCUT2D eigenvalue weighted by Gasteiger charge is -2.25. The fourth-order valence-corrected chi connectivity index (χ4v) is 3.55. The second kappa shape index (κ2) is 6.75. The zero-order valence-corrected chi connectivity index (χ0v) is 14.4. The van der Waals surface area contributed by atoms with Gasteiger partial charge in [-0.25, -0.2) is 4.79 Å². The van der Waals surface area contributed by atoms with E-state index in [4.69, 9.17) is 4.74 Å². The second-order valence-corrected chi connectivity index (χ2v) is 6.69. The number of likely N-dealkylation sites (tertiary alicyclic amines) is 1. The maximum atomic E-state index is 12.7. The van der Waals surface area contributed by atoms with Crippen molar-refractivity contribution in [3.8, 4) is 0 Å². The Balaban J connectivity index is 1.53. The third-order valence-electron chi connectivity index (χ3n) is 4.97. The normalized spacial score (nSPS) is 16.1. The van der Waals surface area contributed by atoms with Gasteiger partial charge in [-0.2, -0.15) is 0 Å². The van der Waals surface area contributed by atoms with Crippen LogP contribution in [0.4, 0.5) is 4.79 Å². The summed E-state index contributed by atoms with van der Waals surface area (Å²) in [5, 5.41) is 0. The molecule has 0 N–H and O–H groups in total. The highest BCUT2D eigenvalue weighted by Crippen LogP contribution is 2.28. The van der Waals surface area contributed by atoms with Gasteiger partial charge in [0.1, 0.15) is 6.61 Å². The van der Waals surface area contributed by atoms with E-state index >= 15 is 0 Å². The SMILES string of the molecule is O=C1c2ccccc2C(=O)c2cc(COC(=O)N3CCCCC3)ccc21. The third kappa shape index (κ3) is 2.90. The fourth-order valence-electron chi connectivity index (χ4n) is 3.55. The lowest BCUT2D eigenvalue weighted by atomic mass is 9.83. The quantitative estimate of drug-likeness (QED) is 0.709. The molecule has 0 bridgehead atoms. The first-order chi connectivity index (χ1) is 12.6. The van der Waals surface area contributed by atoms with Crippen molar-refractivity contribution >= 4 is 17.7 Å². The van der Waals surface area contributed by atoms with E-state index in [2.05, 4.69) is 0 Å². The Labute approximate surface area is 151 Å². The summed E-state index contributed by atoms with van der Waals surface area (Å²) in [6, 6.07) is 11.9. The fraction of sp³-hybridized carbons (Fsp3) is 0.286. The van der Waals surface area contributed by atoms with Crippen LogP contribution in [0.3, 0.4) is 0 Å². The molecular formula is C21H19NO4. The predicted molar refractivity (Wildman–Crippen MR) is 95.4 cm³/mol. The van der Waals surface area contributed by atoms with Crippen LogP contribution < -0.4 is 0 Å². The van der Waals surface area contributed by atoms with Crippen LogP contribution >= 0.6 is 0 Å². The standard InChI is InChI=1S/C21H19NO4/c23-19-15-6-2-3-7-16(15)20(24)18-12-14(8-9-17(18)19)13-26-21(25)22-10-4-1-5-11-22/h2-3,6-9,12H,1,4-5,10-11,13H2. The van der Waals surface area contributed by atoms with Crippen molar-refractivity contribution in [3.05, 3.63) is 70.3 Å². The third-order valence-corrected chi connectivity index (χ3v) is 4.97. The van der Waals surface area contributed by atoms with Gasteiger partial charge in [0, 0.05) is 35.3 Å². The van der Waals surface area contributed by atoms with Gasteiger partial charge < -0.3 is 9.64 Å². The van der Waals surface area contributed by atoms with E-state index in [0.29, 0.717) is 27.8 Å². The van der Waals surface area contributed by atoms with Crippen LogP contribution in [0.15, 0.2) is 42.5 Å². The lowest BCUT2D eigenvalue weighted by molar-refractivity contribution is 0.0893. The molecule has 1 heterocycles. The number of nitrogens with zero attached hydrogens (tertiary/aromatic N) is 1. The summed E-state index contributed by atoms with van der Waals surface area (Å²) in [6.07, 6.45) is 2.83. The van der Waals surface area contributed by atoms with Crippen LogP contribution in [-0.4, -0.2) is 35.6 Å². The van der Waals surface area contributed by atoms with Gasteiger partial charge in [0.2, 0.25) is 0 Å². The molecule has 2 aromatic carbocycles. The number of amides is 1. The first-order valence-electron chi connectivity index (χ1n) is 8.88. The molecule has 1 saturated heterocycles. The predicted octanol–water partition coefficient (Wildman–Crippen LogP) is 3.58. The smallest absolute Gasteiger partial charge is 0.410 e. The second-order valence-electron chi connectivity index (χ2n) is 6.69. The van der Waals surface area contributed by atoms with Crippen LogP contribution in [0.25, 0.3) is 0 Å². The van der Waals surface area contributed by atoms with Gasteiger partial charge in [0.25, 0.3) is 0 Å². The van der Waals surface area contributed by atoms with E-state index < -0.39 is 0 Å². The summed E-state index contributed by atoms with van der Waals surface area (Å²) >= 11 is 0. The van der Waals surface area contributed by atoms with Crippen LogP contribution in [-0.2, 0) is 11.3 Å². The molecular weight excluding hydrogens is 330 g/mol. The monoisotopic (exact) mass is 349 g/mol. The van der Waals surface area contributed by atoms with Crippen molar-refractivity contribution < 1.29 is 19.1 Å². The number of benzene rings is 2. The summed E-state index contributed by atoms with van der Waals surface area (Å²) in [5.74, 6) is -0.313. The Bertz CT molecular complexity index is 897. The van der Waals surface area contributed by atoms with Crippen molar-refractivity contribution in [2.45, 2.75) is 25.9 Å². The molecule has 2 aliphatic rings. The van der Waals surface area contributed by atoms with E-state index in [1.165, 1.54) is 0 Å². The van der Waals surface area contributed by atoms with E-state index in [0.717, 1.165) is 32.4 Å². The molecule has 0 saturated carbocycles. The molecule has 1 aliphatic carbocycles. The van der Waals surface area contributed by atoms with Crippen molar-refractivity contribution in [2.75, 3.05) is 13.1 Å². The van der Waals surface area contributed by atoms with Crippen LogP contribution in [0, 0.1) is 0 Å². The summed E-state index contributed by atoms with van der Waals surface area (Å²) < 4.78 is 5.38. The summed E-state index contributed by atoms with van der Waals surface area (Å²) in [7, 11) is 0. The van der Waals surface area contributed by atoms with E-state index in [-0.39, 0.29) is 24.3 Å². The average molecular weight is 349 g/mol. The topological polar surface area (TPSA) is 63.7 Å². The molecule has 132 valence electrons. The van der Waals surface area contributed by atoms with Gasteiger partial charge in [-0.15, -0.1) is 0 Å². The number of carbonyl (C=O) groups is 3. The van der Waals surface area contributed by atoms with Crippen molar-refractivity contribution in [1.82, 2.24) is 4.90 Å². The largest absolute Gasteiger partial charge is 0.445 e. The molecule has 2 aromatic rings. The highest BCUT2D eigenvalue weighted by molar-refractivity contribution is 6.28. The lowest BCUT2D eigenvalue weighted by Crippen LogP contribution is -2.35. The highest BCUT2D eigenvalue weighted by Gasteiger charge is 2.29. The van der Waals surface area contributed by atoms with Gasteiger partial charge in [-0.1, -0.05) is 30.3 Å². The molecule has 1 amide bonds. The number of rotatable bonds is 2. The number of hydrogen-bond acceptors (Lipinski definition) is 4. The molecule has 0 aromatic heterocycles. The number of ether oxygens (including phenoxy) is 1. The van der Waals surface area contributed by atoms with Gasteiger partial charge in [-0.05, 0) is 37.0 Å². The molecule has 0 unspecified atom stereocenters. The number of carbonyl (C=O) groups excluding carboxylic acids is 3. The van der Waals surface area contributed by atoms with Crippen molar-refractivity contribution in [1.29, 1.82) is 0 Å².